The lowest BCUT2D eigenvalue weighted by molar-refractivity contribution is 0.0514. The Morgan fingerprint density at radius 1 is 0.833 bits per heavy atom. The van der Waals surface area contributed by atoms with Crippen LogP contribution in [0.25, 0.3) is 0 Å². The fourth-order valence-electron chi connectivity index (χ4n) is 6.15. The third-order valence-electron chi connectivity index (χ3n) is 8.24. The quantitative estimate of drug-likeness (QED) is 0.173. The first kappa shape index (κ1) is 34.0. The molecule has 0 radical (unpaired) electrons. The number of benzene rings is 3. The number of nitrogens with zero attached hydrogens (tertiary/aromatic N) is 1. The summed E-state index contributed by atoms with van der Waals surface area (Å²) >= 11 is 0. The Bertz CT molecular complexity index is 1810. The molecule has 1 aliphatic rings. The van der Waals surface area contributed by atoms with Crippen LogP contribution < -0.4 is 15.5 Å². The zero-order valence-electron chi connectivity index (χ0n) is 27.8. The zero-order valence-corrected chi connectivity index (χ0v) is 27.8. The fraction of sp³-hybridized carbons (Fsp3) is 0.316. The summed E-state index contributed by atoms with van der Waals surface area (Å²) in [5.74, 6) is -2.60. The largest absolute Gasteiger partial charge is 0.482 e. The van der Waals surface area contributed by atoms with E-state index in [1.165, 1.54) is 25.0 Å². The molecule has 1 N–H and O–H groups in total. The first-order valence-electron chi connectivity index (χ1n) is 15.8. The predicted octanol–water partition coefficient (Wildman–Crippen LogP) is 6.00. The molecule has 3 aromatic carbocycles. The van der Waals surface area contributed by atoms with Crippen molar-refractivity contribution in [2.45, 2.75) is 57.8 Å². The molecule has 1 aromatic heterocycles. The number of hydrogen-bond acceptors (Lipinski definition) is 8. The highest BCUT2D eigenvalue weighted by Gasteiger charge is 2.37. The van der Waals surface area contributed by atoms with Gasteiger partial charge in [0.1, 0.15) is 17.8 Å². The molecule has 0 aliphatic heterocycles. The van der Waals surface area contributed by atoms with Crippen LogP contribution in [0.5, 0.6) is 5.75 Å². The topological polar surface area (TPSA) is 122 Å². The third kappa shape index (κ3) is 7.43. The number of fused-ring (bicyclic) bond motifs is 2. The number of alkyl carbamates (subject to hydrolysis) is 1. The van der Waals surface area contributed by atoms with Crippen molar-refractivity contribution in [3.05, 3.63) is 134 Å². The van der Waals surface area contributed by atoms with Crippen LogP contribution in [0, 0.1) is 0 Å². The van der Waals surface area contributed by atoms with E-state index in [2.05, 4.69) is 17.4 Å². The van der Waals surface area contributed by atoms with Crippen molar-refractivity contribution in [2.75, 3.05) is 20.8 Å². The van der Waals surface area contributed by atoms with Crippen LogP contribution in [0.3, 0.4) is 0 Å². The molecule has 4 aromatic rings. The van der Waals surface area contributed by atoms with Crippen LogP contribution in [0.4, 0.5) is 4.79 Å². The Morgan fingerprint density at radius 2 is 1.40 bits per heavy atom. The van der Waals surface area contributed by atoms with E-state index in [-0.39, 0.29) is 30.2 Å². The summed E-state index contributed by atoms with van der Waals surface area (Å²) in [5, 5.41) is 2.89. The summed E-state index contributed by atoms with van der Waals surface area (Å²) in [6, 6.07) is 24.3. The minimum atomic E-state index is -0.907. The standard InChI is InChI=1S/C38H40N2O8/c1-38(2,3)48-37(44)39-21-30(31-27-17-11-9-15-25(27)19-20-26-16-10-12-18-28(26)31)40-22-29(35(42)45-4)33(41)34(32(40)36(43)46-5)47-23-24-13-7-6-8-14-24/h6-18,22,30-31H,19-21,23H2,1-5H3,(H,39,44). The minimum Gasteiger partial charge on any atom is -0.482 e. The zero-order chi connectivity index (χ0) is 34.4. The van der Waals surface area contributed by atoms with Gasteiger partial charge < -0.3 is 28.8 Å². The van der Waals surface area contributed by atoms with Gasteiger partial charge in [-0.2, -0.15) is 0 Å². The number of pyridine rings is 1. The van der Waals surface area contributed by atoms with E-state index in [0.29, 0.717) is 0 Å². The average molecular weight is 653 g/mol. The van der Waals surface area contributed by atoms with E-state index in [1.807, 2.05) is 66.7 Å². The Morgan fingerprint density at radius 3 is 1.96 bits per heavy atom. The van der Waals surface area contributed by atoms with Gasteiger partial charge in [0, 0.05) is 18.7 Å². The van der Waals surface area contributed by atoms with Gasteiger partial charge in [0.15, 0.2) is 11.4 Å². The summed E-state index contributed by atoms with van der Waals surface area (Å²) in [4.78, 5) is 53.9. The normalized spacial score (nSPS) is 13.3. The number of aryl methyl sites for hydroxylation is 2. The lowest BCUT2D eigenvalue weighted by atomic mass is 9.82. The molecule has 0 fully saturated rings. The van der Waals surface area contributed by atoms with Crippen LogP contribution in [0.2, 0.25) is 0 Å². The number of aromatic nitrogens is 1. The van der Waals surface area contributed by atoms with E-state index >= 15 is 0 Å². The van der Waals surface area contributed by atoms with Gasteiger partial charge in [0.2, 0.25) is 5.43 Å². The molecule has 1 heterocycles. The van der Waals surface area contributed by atoms with Crippen LogP contribution in [-0.4, -0.2) is 49.0 Å². The van der Waals surface area contributed by atoms with Gasteiger partial charge in [0.25, 0.3) is 0 Å². The Kier molecular flexibility index (Phi) is 10.3. The molecule has 1 aliphatic carbocycles. The van der Waals surface area contributed by atoms with E-state index in [0.717, 1.165) is 40.7 Å². The monoisotopic (exact) mass is 652 g/mol. The number of rotatable bonds is 9. The van der Waals surface area contributed by atoms with E-state index in [9.17, 15) is 19.2 Å². The summed E-state index contributed by atoms with van der Waals surface area (Å²) in [5.41, 5.74) is 2.72. The molecule has 0 saturated heterocycles. The fourth-order valence-corrected chi connectivity index (χ4v) is 6.15. The number of amides is 1. The number of esters is 2. The Hall–Kier alpha value is -5.38. The first-order chi connectivity index (χ1) is 23.0. The number of carbonyl (C=O) groups is 3. The Labute approximate surface area is 279 Å². The van der Waals surface area contributed by atoms with Gasteiger partial charge in [0.05, 0.1) is 20.3 Å². The molecule has 10 heteroatoms. The number of methoxy groups -OCH3 is 2. The number of ether oxygens (including phenoxy) is 4. The molecule has 0 bridgehead atoms. The van der Waals surface area contributed by atoms with Gasteiger partial charge in [-0.3, -0.25) is 4.79 Å². The molecule has 1 unspecified atom stereocenters. The van der Waals surface area contributed by atoms with Gasteiger partial charge >= 0.3 is 18.0 Å². The highest BCUT2D eigenvalue weighted by molar-refractivity contribution is 5.94. The van der Waals surface area contributed by atoms with Gasteiger partial charge in [-0.1, -0.05) is 78.9 Å². The molecule has 1 amide bonds. The van der Waals surface area contributed by atoms with Crippen LogP contribution in [-0.2, 0) is 33.7 Å². The summed E-state index contributed by atoms with van der Waals surface area (Å²) in [6.07, 6.45) is 2.16. The van der Waals surface area contributed by atoms with Crippen molar-refractivity contribution in [1.82, 2.24) is 9.88 Å². The van der Waals surface area contributed by atoms with Gasteiger partial charge in [-0.25, -0.2) is 14.4 Å². The maximum Gasteiger partial charge on any atom is 0.407 e. The third-order valence-corrected chi connectivity index (χ3v) is 8.24. The molecule has 5 rings (SSSR count). The van der Waals surface area contributed by atoms with Crippen molar-refractivity contribution < 1.29 is 33.3 Å². The lowest BCUT2D eigenvalue weighted by Crippen LogP contribution is -2.40. The van der Waals surface area contributed by atoms with Crippen molar-refractivity contribution in [3.63, 3.8) is 0 Å². The average Bonchev–Trinajstić information content (AvgIpc) is 3.24. The number of nitrogens with one attached hydrogen (secondary N) is 1. The van der Waals surface area contributed by atoms with E-state index < -0.39 is 41.0 Å². The SMILES string of the molecule is COC(=O)c1cn(C(CNC(=O)OC(C)(C)C)C2c3ccccc3CCc3ccccc32)c(C(=O)OC)c(OCc2ccccc2)c1=O. The van der Waals surface area contributed by atoms with Crippen LogP contribution >= 0.6 is 0 Å². The van der Waals surface area contributed by atoms with Gasteiger partial charge in [-0.15, -0.1) is 0 Å². The second kappa shape index (κ2) is 14.6. The summed E-state index contributed by atoms with van der Waals surface area (Å²) in [7, 11) is 2.38. The number of carbonyl (C=O) groups excluding carboxylic acids is 3. The highest BCUT2D eigenvalue weighted by Crippen LogP contribution is 2.42. The molecular weight excluding hydrogens is 612 g/mol. The van der Waals surface area contributed by atoms with Crippen molar-refractivity contribution in [2.24, 2.45) is 0 Å². The van der Waals surface area contributed by atoms with Crippen molar-refractivity contribution in [1.29, 1.82) is 0 Å². The van der Waals surface area contributed by atoms with Gasteiger partial charge in [-0.05, 0) is 61.4 Å². The van der Waals surface area contributed by atoms with Crippen LogP contribution in [0.15, 0.2) is 89.9 Å². The van der Waals surface area contributed by atoms with Crippen LogP contribution in [0.1, 0.15) is 81.4 Å². The summed E-state index contributed by atoms with van der Waals surface area (Å²) in [6.45, 7) is 5.16. The molecule has 0 spiro atoms. The first-order valence-corrected chi connectivity index (χ1v) is 15.8. The second-order valence-corrected chi connectivity index (χ2v) is 12.5. The minimum absolute atomic E-state index is 0.0617. The maximum atomic E-state index is 13.9. The number of hydrogen-bond donors (Lipinski definition) is 1. The molecular formula is C38H40N2O8. The lowest BCUT2D eigenvalue weighted by Gasteiger charge is -2.34. The van der Waals surface area contributed by atoms with E-state index in [4.69, 9.17) is 18.9 Å². The smallest absolute Gasteiger partial charge is 0.407 e. The Balaban J connectivity index is 1.79. The molecule has 1 atom stereocenters. The van der Waals surface area contributed by atoms with E-state index in [1.54, 1.807) is 20.8 Å². The molecule has 10 nitrogen and oxygen atoms in total. The maximum absolute atomic E-state index is 13.9. The van der Waals surface area contributed by atoms with Crippen molar-refractivity contribution >= 4 is 18.0 Å². The predicted molar refractivity (Wildman–Crippen MR) is 180 cm³/mol. The van der Waals surface area contributed by atoms with Crippen molar-refractivity contribution in [3.8, 4) is 5.75 Å². The molecule has 250 valence electrons. The summed E-state index contributed by atoms with van der Waals surface area (Å²) < 4.78 is 23.4. The molecule has 48 heavy (non-hydrogen) atoms. The second-order valence-electron chi connectivity index (χ2n) is 12.5. The molecule has 0 saturated carbocycles. The highest BCUT2D eigenvalue weighted by atomic mass is 16.6.